The summed E-state index contributed by atoms with van der Waals surface area (Å²) < 4.78 is 0. The van der Waals surface area contributed by atoms with E-state index >= 15 is 0 Å². The molecule has 0 heterocycles. The molecule has 1 heteroatoms. The molecule has 0 aliphatic heterocycles. The molecule has 1 N–H and O–H groups in total. The molecule has 0 aromatic heterocycles. The van der Waals surface area contributed by atoms with Gasteiger partial charge in [-0.3, -0.25) is 0 Å². The van der Waals surface area contributed by atoms with E-state index < -0.39 is 0 Å². The third kappa shape index (κ3) is 4.65. The predicted octanol–water partition coefficient (Wildman–Crippen LogP) is 4.77. The summed E-state index contributed by atoms with van der Waals surface area (Å²) in [6.07, 6.45) is 3.66. The lowest BCUT2D eigenvalue weighted by Crippen LogP contribution is -2.35. The van der Waals surface area contributed by atoms with Gasteiger partial charge in [0.1, 0.15) is 0 Å². The van der Waals surface area contributed by atoms with E-state index in [4.69, 9.17) is 0 Å². The Labute approximate surface area is 119 Å². The van der Waals surface area contributed by atoms with Crippen LogP contribution in [-0.4, -0.2) is 13.1 Å². The lowest BCUT2D eigenvalue weighted by atomic mass is 9.76. The summed E-state index contributed by atoms with van der Waals surface area (Å²) in [4.78, 5) is 0. The Balaban J connectivity index is 2.78. The van der Waals surface area contributed by atoms with E-state index in [0.29, 0.717) is 11.3 Å². The van der Waals surface area contributed by atoms with E-state index in [9.17, 15) is 0 Å². The normalized spacial score (nSPS) is 12.1. The van der Waals surface area contributed by atoms with Gasteiger partial charge < -0.3 is 5.32 Å². The van der Waals surface area contributed by atoms with Crippen LogP contribution in [0.4, 0.5) is 0 Å². The van der Waals surface area contributed by atoms with Crippen molar-refractivity contribution in [2.45, 2.75) is 59.8 Å². The minimum absolute atomic E-state index is 0.412. The molecule has 1 aromatic rings. The third-order valence-electron chi connectivity index (χ3n) is 4.48. The summed E-state index contributed by atoms with van der Waals surface area (Å²) in [7, 11) is 0. The van der Waals surface area contributed by atoms with Gasteiger partial charge in [-0.2, -0.15) is 0 Å². The van der Waals surface area contributed by atoms with Crippen molar-refractivity contribution >= 4 is 0 Å². The van der Waals surface area contributed by atoms with Gasteiger partial charge in [-0.1, -0.05) is 58.9 Å². The lowest BCUT2D eigenvalue weighted by Gasteiger charge is -2.32. The standard InChI is InChI=1S/C18H31N/c1-6-18(7-2,14-19-8-3)13-16-9-11-17(12-10-16)15(4)5/h9-12,15,19H,6-8,13-14H2,1-5H3. The molecular formula is C18H31N. The SMILES string of the molecule is CCNCC(CC)(CC)Cc1ccc(C(C)C)cc1. The molecule has 1 nitrogen and oxygen atoms in total. The van der Waals surface area contributed by atoms with E-state index in [0.717, 1.165) is 13.1 Å². The van der Waals surface area contributed by atoms with Crippen molar-refractivity contribution in [2.24, 2.45) is 5.41 Å². The molecule has 108 valence electrons. The molecule has 0 saturated carbocycles. The van der Waals surface area contributed by atoms with Gasteiger partial charge in [-0.15, -0.1) is 0 Å². The molecule has 0 atom stereocenters. The van der Waals surface area contributed by atoms with Crippen molar-refractivity contribution in [3.63, 3.8) is 0 Å². The van der Waals surface area contributed by atoms with E-state index in [1.165, 1.54) is 30.4 Å². The van der Waals surface area contributed by atoms with E-state index in [-0.39, 0.29) is 0 Å². The van der Waals surface area contributed by atoms with Gasteiger partial charge in [0.05, 0.1) is 0 Å². The smallest absolute Gasteiger partial charge is 0.00107 e. The molecule has 0 aliphatic carbocycles. The van der Waals surface area contributed by atoms with Crippen LogP contribution in [-0.2, 0) is 6.42 Å². The van der Waals surface area contributed by atoms with Crippen LogP contribution in [0.3, 0.4) is 0 Å². The van der Waals surface area contributed by atoms with Gasteiger partial charge in [0.15, 0.2) is 0 Å². The third-order valence-corrected chi connectivity index (χ3v) is 4.48. The fourth-order valence-corrected chi connectivity index (χ4v) is 2.66. The van der Waals surface area contributed by atoms with E-state index in [1.54, 1.807) is 0 Å². The number of hydrogen-bond donors (Lipinski definition) is 1. The summed E-state index contributed by atoms with van der Waals surface area (Å²) in [6.45, 7) is 13.5. The quantitative estimate of drug-likeness (QED) is 0.711. The molecule has 1 aromatic carbocycles. The molecule has 0 amide bonds. The molecule has 0 saturated heterocycles. The maximum atomic E-state index is 3.54. The van der Waals surface area contributed by atoms with Crippen molar-refractivity contribution in [1.29, 1.82) is 0 Å². The number of hydrogen-bond acceptors (Lipinski definition) is 1. The highest BCUT2D eigenvalue weighted by atomic mass is 14.9. The van der Waals surface area contributed by atoms with Crippen LogP contribution < -0.4 is 5.32 Å². The number of benzene rings is 1. The highest BCUT2D eigenvalue weighted by Gasteiger charge is 2.25. The van der Waals surface area contributed by atoms with Gasteiger partial charge >= 0.3 is 0 Å². The Morgan fingerprint density at radius 1 is 1.00 bits per heavy atom. The zero-order valence-corrected chi connectivity index (χ0v) is 13.4. The Kier molecular flexibility index (Phi) is 6.57. The van der Waals surface area contributed by atoms with Crippen molar-refractivity contribution < 1.29 is 0 Å². The zero-order chi connectivity index (χ0) is 14.3. The molecule has 0 aliphatic rings. The van der Waals surface area contributed by atoms with Crippen molar-refractivity contribution in [1.82, 2.24) is 5.32 Å². The van der Waals surface area contributed by atoms with Crippen LogP contribution in [0.25, 0.3) is 0 Å². The number of rotatable bonds is 8. The summed E-state index contributed by atoms with van der Waals surface area (Å²) in [5, 5.41) is 3.54. The second-order valence-electron chi connectivity index (χ2n) is 6.06. The van der Waals surface area contributed by atoms with Gasteiger partial charge in [-0.25, -0.2) is 0 Å². The Bertz CT molecular complexity index is 346. The Hall–Kier alpha value is -0.820. The highest BCUT2D eigenvalue weighted by Crippen LogP contribution is 2.30. The van der Waals surface area contributed by atoms with Gasteiger partial charge in [0.25, 0.3) is 0 Å². The summed E-state index contributed by atoms with van der Waals surface area (Å²) >= 11 is 0. The van der Waals surface area contributed by atoms with Crippen LogP contribution in [0.2, 0.25) is 0 Å². The summed E-state index contributed by atoms with van der Waals surface area (Å²) in [6, 6.07) is 9.23. The van der Waals surface area contributed by atoms with Crippen LogP contribution >= 0.6 is 0 Å². The molecule has 1 rings (SSSR count). The topological polar surface area (TPSA) is 12.0 Å². The molecule has 0 spiro atoms. The molecule has 0 radical (unpaired) electrons. The monoisotopic (exact) mass is 261 g/mol. The molecule has 19 heavy (non-hydrogen) atoms. The first kappa shape index (κ1) is 16.2. The second kappa shape index (κ2) is 7.69. The van der Waals surface area contributed by atoms with E-state index in [2.05, 4.69) is 64.2 Å². The second-order valence-corrected chi connectivity index (χ2v) is 6.06. The molecule has 0 bridgehead atoms. The minimum atomic E-state index is 0.412. The van der Waals surface area contributed by atoms with Crippen LogP contribution in [0.1, 0.15) is 64.5 Å². The maximum Gasteiger partial charge on any atom is 0.00107 e. The summed E-state index contributed by atoms with van der Waals surface area (Å²) in [5.41, 5.74) is 3.33. The molecular weight excluding hydrogens is 230 g/mol. The van der Waals surface area contributed by atoms with Gasteiger partial charge in [0, 0.05) is 6.54 Å². The van der Waals surface area contributed by atoms with Crippen LogP contribution in [0.5, 0.6) is 0 Å². The number of nitrogens with one attached hydrogen (secondary N) is 1. The lowest BCUT2D eigenvalue weighted by molar-refractivity contribution is 0.248. The van der Waals surface area contributed by atoms with Crippen molar-refractivity contribution in [2.75, 3.05) is 13.1 Å². The summed E-state index contributed by atoms with van der Waals surface area (Å²) in [5.74, 6) is 0.623. The van der Waals surface area contributed by atoms with Crippen LogP contribution in [0, 0.1) is 5.41 Å². The van der Waals surface area contributed by atoms with Crippen molar-refractivity contribution in [3.8, 4) is 0 Å². The van der Waals surface area contributed by atoms with Crippen LogP contribution in [0.15, 0.2) is 24.3 Å². The minimum Gasteiger partial charge on any atom is -0.316 e. The fourth-order valence-electron chi connectivity index (χ4n) is 2.66. The molecule has 0 fully saturated rings. The van der Waals surface area contributed by atoms with Gasteiger partial charge in [-0.05, 0) is 48.3 Å². The first-order chi connectivity index (χ1) is 9.06. The fraction of sp³-hybridized carbons (Fsp3) is 0.667. The van der Waals surface area contributed by atoms with Gasteiger partial charge in [0.2, 0.25) is 0 Å². The first-order valence-electron chi connectivity index (χ1n) is 7.86. The van der Waals surface area contributed by atoms with Crippen molar-refractivity contribution in [3.05, 3.63) is 35.4 Å². The average molecular weight is 261 g/mol. The maximum absolute atomic E-state index is 3.54. The first-order valence-corrected chi connectivity index (χ1v) is 7.86. The molecule has 0 unspecified atom stereocenters. The highest BCUT2D eigenvalue weighted by molar-refractivity contribution is 5.25. The largest absolute Gasteiger partial charge is 0.316 e. The Morgan fingerprint density at radius 3 is 2.00 bits per heavy atom. The predicted molar refractivity (Wildman–Crippen MR) is 85.8 cm³/mol. The van der Waals surface area contributed by atoms with E-state index in [1.807, 2.05) is 0 Å². The average Bonchev–Trinajstić information content (AvgIpc) is 2.44. The zero-order valence-electron chi connectivity index (χ0n) is 13.4. The Morgan fingerprint density at radius 2 is 1.58 bits per heavy atom.